The average Bonchev–Trinajstić information content (AvgIpc) is 3.36. The van der Waals surface area contributed by atoms with E-state index in [1.807, 2.05) is 24.3 Å². The molecule has 0 radical (unpaired) electrons. The van der Waals surface area contributed by atoms with Crippen molar-refractivity contribution in [3.8, 4) is 11.5 Å². The summed E-state index contributed by atoms with van der Waals surface area (Å²) in [4.78, 5) is 39.3. The molecule has 1 fully saturated rings. The zero-order valence-electron chi connectivity index (χ0n) is 19.5. The van der Waals surface area contributed by atoms with Crippen molar-refractivity contribution in [2.75, 3.05) is 37.8 Å². The smallest absolute Gasteiger partial charge is 0.265 e. The number of hydrogen-bond donors (Lipinski definition) is 1. The molecule has 0 aromatic heterocycles. The van der Waals surface area contributed by atoms with Crippen LogP contribution in [0.2, 0.25) is 0 Å². The number of amides is 2. The van der Waals surface area contributed by atoms with Gasteiger partial charge in [0, 0.05) is 18.7 Å². The van der Waals surface area contributed by atoms with E-state index in [-0.39, 0.29) is 49.4 Å². The Morgan fingerprint density at radius 3 is 2.79 bits per heavy atom. The number of carbonyl (C=O) groups is 3. The van der Waals surface area contributed by atoms with Crippen LogP contribution in [0.3, 0.4) is 0 Å². The van der Waals surface area contributed by atoms with Gasteiger partial charge in [-0.05, 0) is 48.6 Å². The van der Waals surface area contributed by atoms with Gasteiger partial charge in [-0.3, -0.25) is 19.3 Å². The van der Waals surface area contributed by atoms with E-state index in [1.165, 1.54) is 4.90 Å². The van der Waals surface area contributed by atoms with Crippen molar-refractivity contribution < 1.29 is 28.6 Å². The molecule has 2 aromatic carbocycles. The Labute approximate surface area is 199 Å². The number of Topliss-reactive ketones (excluding diaryl/α,β-unsaturated/α-hetero) is 1. The Kier molecular flexibility index (Phi) is 7.47. The fourth-order valence-electron chi connectivity index (χ4n) is 4.10. The first-order valence-corrected chi connectivity index (χ1v) is 11.6. The van der Waals surface area contributed by atoms with Gasteiger partial charge in [-0.2, -0.15) is 0 Å². The van der Waals surface area contributed by atoms with Crippen LogP contribution in [0, 0.1) is 0 Å². The highest BCUT2D eigenvalue weighted by Crippen LogP contribution is 2.33. The van der Waals surface area contributed by atoms with E-state index in [1.54, 1.807) is 18.2 Å². The predicted molar refractivity (Wildman–Crippen MR) is 127 cm³/mol. The summed E-state index contributed by atoms with van der Waals surface area (Å²) in [6.07, 6.45) is 1.91. The Morgan fingerprint density at radius 1 is 1.21 bits per heavy atom. The lowest BCUT2D eigenvalue weighted by atomic mass is 10.0. The molecule has 8 nitrogen and oxygen atoms in total. The molecule has 2 heterocycles. The number of hydrogen-bond acceptors (Lipinski definition) is 6. The van der Waals surface area contributed by atoms with E-state index in [9.17, 15) is 14.4 Å². The van der Waals surface area contributed by atoms with Crippen LogP contribution in [0.5, 0.6) is 11.5 Å². The number of anilines is 1. The molecule has 2 aliphatic rings. The molecule has 0 bridgehead atoms. The van der Waals surface area contributed by atoms with E-state index < -0.39 is 0 Å². The molecule has 2 aromatic rings. The summed E-state index contributed by atoms with van der Waals surface area (Å²) in [6, 6.07) is 12.5. The zero-order valence-corrected chi connectivity index (χ0v) is 19.5. The minimum atomic E-state index is -0.341. The van der Waals surface area contributed by atoms with Gasteiger partial charge in [-0.1, -0.05) is 32.0 Å². The Morgan fingerprint density at radius 2 is 2.03 bits per heavy atom. The third-order valence-corrected chi connectivity index (χ3v) is 5.98. The number of ketones is 1. The van der Waals surface area contributed by atoms with Crippen molar-refractivity contribution in [1.82, 2.24) is 5.32 Å². The third kappa shape index (κ3) is 5.56. The van der Waals surface area contributed by atoms with Crippen LogP contribution in [-0.2, 0) is 14.3 Å². The average molecular weight is 467 g/mol. The van der Waals surface area contributed by atoms with Crippen LogP contribution >= 0.6 is 0 Å². The molecular formula is C26H30N2O6. The second-order valence-electron chi connectivity index (χ2n) is 8.79. The Hall–Kier alpha value is -3.39. The monoisotopic (exact) mass is 466 g/mol. The topological polar surface area (TPSA) is 94.2 Å². The molecule has 8 heteroatoms. The normalized spacial score (nSPS) is 17.3. The number of nitrogens with zero attached hydrogens (tertiary/aromatic N) is 1. The second-order valence-corrected chi connectivity index (χ2v) is 8.79. The van der Waals surface area contributed by atoms with Crippen LogP contribution in [0.4, 0.5) is 5.69 Å². The highest BCUT2D eigenvalue weighted by atomic mass is 16.5. The van der Waals surface area contributed by atoms with Crippen molar-refractivity contribution in [3.05, 3.63) is 53.6 Å². The fraction of sp³-hybridized carbons (Fsp3) is 0.423. The van der Waals surface area contributed by atoms with E-state index in [0.29, 0.717) is 35.9 Å². The van der Waals surface area contributed by atoms with E-state index in [2.05, 4.69) is 19.2 Å². The molecule has 0 saturated carbocycles. The molecule has 1 saturated heterocycles. The summed E-state index contributed by atoms with van der Waals surface area (Å²) >= 11 is 0. The van der Waals surface area contributed by atoms with Gasteiger partial charge in [-0.25, -0.2) is 0 Å². The van der Waals surface area contributed by atoms with Gasteiger partial charge in [0.1, 0.15) is 18.0 Å². The third-order valence-electron chi connectivity index (χ3n) is 5.98. The maximum Gasteiger partial charge on any atom is 0.265 e. The maximum atomic E-state index is 12.9. The minimum absolute atomic E-state index is 0.0154. The van der Waals surface area contributed by atoms with Gasteiger partial charge < -0.3 is 19.5 Å². The van der Waals surface area contributed by atoms with Crippen LogP contribution in [0.15, 0.2) is 42.5 Å². The molecule has 0 spiro atoms. The highest BCUT2D eigenvalue weighted by molar-refractivity contribution is 6.04. The summed E-state index contributed by atoms with van der Waals surface area (Å²) in [5.41, 5.74) is 1.81. The lowest BCUT2D eigenvalue weighted by molar-refractivity contribution is -0.125. The van der Waals surface area contributed by atoms with Gasteiger partial charge in [-0.15, -0.1) is 0 Å². The summed E-state index contributed by atoms with van der Waals surface area (Å²) in [5.74, 6) is 0.523. The van der Waals surface area contributed by atoms with Crippen LogP contribution < -0.4 is 19.7 Å². The standard InChI is InChI=1S/C26H30N2O6/c1-17(2)20-7-3-4-8-23(20)33-15-22(29)18-9-10-24-21(12-18)28(26(31)16-34-24)14-25(30)27-13-19-6-5-11-32-19/h3-4,7-10,12,17,19H,5-6,11,13-16H2,1-2H3,(H,27,30). The molecule has 1 N–H and O–H groups in total. The van der Waals surface area contributed by atoms with Crippen molar-refractivity contribution >= 4 is 23.3 Å². The van der Waals surface area contributed by atoms with Crippen molar-refractivity contribution in [3.63, 3.8) is 0 Å². The molecule has 4 rings (SSSR count). The Bertz CT molecular complexity index is 1060. The number of para-hydroxylation sites is 1. The SMILES string of the molecule is CC(C)c1ccccc1OCC(=O)c1ccc2c(c1)N(CC(=O)NCC1CCCO1)C(=O)CO2. The number of ether oxygens (including phenoxy) is 3. The quantitative estimate of drug-likeness (QED) is 0.571. The van der Waals surface area contributed by atoms with Crippen LogP contribution in [-0.4, -0.2) is 56.6 Å². The number of benzene rings is 2. The molecular weight excluding hydrogens is 436 g/mol. The summed E-state index contributed by atoms with van der Waals surface area (Å²) < 4.78 is 16.8. The molecule has 2 aliphatic heterocycles. The zero-order chi connectivity index (χ0) is 24.1. The first kappa shape index (κ1) is 23.8. The lowest BCUT2D eigenvalue weighted by Crippen LogP contribution is -2.46. The molecule has 180 valence electrons. The molecule has 34 heavy (non-hydrogen) atoms. The number of carbonyl (C=O) groups excluding carboxylic acids is 3. The summed E-state index contributed by atoms with van der Waals surface area (Å²) in [7, 11) is 0. The minimum Gasteiger partial charge on any atom is -0.485 e. The highest BCUT2D eigenvalue weighted by Gasteiger charge is 2.29. The molecule has 1 atom stereocenters. The summed E-state index contributed by atoms with van der Waals surface area (Å²) in [6.45, 7) is 4.80. The van der Waals surface area contributed by atoms with E-state index in [4.69, 9.17) is 14.2 Å². The summed E-state index contributed by atoms with van der Waals surface area (Å²) in [5, 5.41) is 2.83. The van der Waals surface area contributed by atoms with E-state index in [0.717, 1.165) is 18.4 Å². The largest absolute Gasteiger partial charge is 0.485 e. The second kappa shape index (κ2) is 10.7. The fourth-order valence-corrected chi connectivity index (χ4v) is 4.10. The van der Waals surface area contributed by atoms with Gasteiger partial charge in [0.25, 0.3) is 5.91 Å². The van der Waals surface area contributed by atoms with Crippen LogP contribution in [0.25, 0.3) is 0 Å². The Balaban J connectivity index is 1.44. The molecule has 2 amide bonds. The van der Waals surface area contributed by atoms with Crippen molar-refractivity contribution in [2.45, 2.75) is 38.7 Å². The first-order chi connectivity index (χ1) is 16.4. The maximum absolute atomic E-state index is 12.9. The number of nitrogens with one attached hydrogen (secondary N) is 1. The number of fused-ring (bicyclic) bond motifs is 1. The van der Waals surface area contributed by atoms with E-state index >= 15 is 0 Å². The van der Waals surface area contributed by atoms with Crippen molar-refractivity contribution in [1.29, 1.82) is 0 Å². The molecule has 0 aliphatic carbocycles. The van der Waals surface area contributed by atoms with Gasteiger partial charge in [0.2, 0.25) is 5.91 Å². The van der Waals surface area contributed by atoms with Gasteiger partial charge in [0.15, 0.2) is 19.0 Å². The lowest BCUT2D eigenvalue weighted by Gasteiger charge is -2.29. The van der Waals surface area contributed by atoms with Crippen molar-refractivity contribution in [2.24, 2.45) is 0 Å². The first-order valence-electron chi connectivity index (χ1n) is 11.6. The molecule has 1 unspecified atom stereocenters. The predicted octanol–water partition coefficient (Wildman–Crippen LogP) is 3.09. The van der Waals surface area contributed by atoms with Crippen LogP contribution in [0.1, 0.15) is 48.5 Å². The van der Waals surface area contributed by atoms with Gasteiger partial charge >= 0.3 is 0 Å². The van der Waals surface area contributed by atoms with Gasteiger partial charge in [0.05, 0.1) is 11.8 Å². The number of rotatable bonds is 9.